The smallest absolute Gasteiger partial charge is 0.145 e. The highest BCUT2D eigenvalue weighted by Gasteiger charge is 2.38. The van der Waals surface area contributed by atoms with Crippen molar-refractivity contribution in [3.63, 3.8) is 0 Å². The number of imidazole rings is 1. The second kappa shape index (κ2) is 14.0. The van der Waals surface area contributed by atoms with Gasteiger partial charge >= 0.3 is 0 Å². The molecule has 0 fully saturated rings. The molecule has 0 saturated heterocycles. The lowest BCUT2D eigenvalue weighted by Gasteiger charge is -2.24. The summed E-state index contributed by atoms with van der Waals surface area (Å²) in [6.45, 7) is 4.82. The van der Waals surface area contributed by atoms with E-state index in [4.69, 9.17) is 4.98 Å². The Morgan fingerprint density at radius 2 is 0.906 bits per heavy atom. The summed E-state index contributed by atoms with van der Waals surface area (Å²) in [5, 5.41) is 10.1. The van der Waals surface area contributed by atoms with Crippen LogP contribution in [0.25, 0.3) is 116 Å². The number of fused-ring (bicyclic) bond motifs is 8. The van der Waals surface area contributed by atoms with Crippen LogP contribution in [0.4, 0.5) is 0 Å². The van der Waals surface area contributed by atoms with Gasteiger partial charge in [-0.2, -0.15) is 0 Å². The van der Waals surface area contributed by atoms with Crippen molar-refractivity contribution in [2.75, 3.05) is 0 Å². The largest absolute Gasteiger partial charge is 0.292 e. The van der Waals surface area contributed by atoms with E-state index in [9.17, 15) is 0 Å². The van der Waals surface area contributed by atoms with Gasteiger partial charge < -0.3 is 0 Å². The van der Waals surface area contributed by atoms with Crippen LogP contribution >= 0.6 is 0 Å². The number of para-hydroxylation sites is 3. The van der Waals surface area contributed by atoms with E-state index in [0.717, 1.165) is 28.1 Å². The third kappa shape index (κ3) is 5.49. The van der Waals surface area contributed by atoms with E-state index in [-0.39, 0.29) is 5.41 Å². The van der Waals surface area contributed by atoms with E-state index in [1.807, 2.05) is 0 Å². The molecule has 1 aliphatic rings. The lowest BCUT2D eigenvalue weighted by Crippen LogP contribution is -2.15. The average Bonchev–Trinajstić information content (AvgIpc) is 3.84. The summed E-state index contributed by atoms with van der Waals surface area (Å²) >= 11 is 0. The van der Waals surface area contributed by atoms with Gasteiger partial charge in [0.25, 0.3) is 0 Å². The number of hydrogen-bond acceptors (Lipinski definition) is 1. The van der Waals surface area contributed by atoms with Gasteiger partial charge in [-0.05, 0) is 147 Å². The van der Waals surface area contributed by atoms with Crippen molar-refractivity contribution in [2.45, 2.75) is 19.3 Å². The Morgan fingerprint density at radius 3 is 1.58 bits per heavy atom. The molecule has 0 N–H and O–H groups in total. The highest BCUT2D eigenvalue weighted by atomic mass is 15.1. The SMILES string of the molecule is CC1(C)c2cc3c(-c4ccc5ccccc5c4)c4ccccc4c(-c4ccc5ccccc5c4)c3cc2-c2c(-c3ccc(-c4nc5ccccc5n4-c4ccccc4)cc3)cccc21. The van der Waals surface area contributed by atoms with Gasteiger partial charge in [-0.25, -0.2) is 4.98 Å². The molecular weight excluding hydrogens is 773 g/mol. The Hall–Kier alpha value is -8.07. The monoisotopic (exact) mass is 814 g/mol. The van der Waals surface area contributed by atoms with Crippen molar-refractivity contribution in [2.24, 2.45) is 0 Å². The predicted molar refractivity (Wildman–Crippen MR) is 270 cm³/mol. The van der Waals surface area contributed by atoms with Gasteiger partial charge in [-0.15, -0.1) is 0 Å². The first kappa shape index (κ1) is 36.6. The third-order valence-corrected chi connectivity index (χ3v) is 13.9. The van der Waals surface area contributed by atoms with Crippen LogP contribution in [0, 0.1) is 0 Å². The van der Waals surface area contributed by atoms with Gasteiger partial charge in [0, 0.05) is 16.7 Å². The Balaban J connectivity index is 1.05. The van der Waals surface area contributed by atoms with Crippen LogP contribution in [-0.2, 0) is 5.41 Å². The summed E-state index contributed by atoms with van der Waals surface area (Å²) in [6.07, 6.45) is 0. The van der Waals surface area contributed by atoms with Gasteiger partial charge in [0.2, 0.25) is 0 Å². The predicted octanol–water partition coefficient (Wildman–Crippen LogP) is 16.6. The molecule has 2 heteroatoms. The molecule has 0 amide bonds. The second-order valence-electron chi connectivity index (χ2n) is 17.9. The third-order valence-electron chi connectivity index (χ3n) is 13.9. The zero-order chi connectivity index (χ0) is 42.5. The molecule has 1 aromatic heterocycles. The van der Waals surface area contributed by atoms with Gasteiger partial charge in [-0.1, -0.05) is 184 Å². The van der Waals surface area contributed by atoms with Crippen LogP contribution in [0.5, 0.6) is 0 Å². The average molecular weight is 815 g/mol. The Labute approximate surface area is 372 Å². The molecule has 0 unspecified atom stereocenters. The summed E-state index contributed by atoms with van der Waals surface area (Å²) in [5.74, 6) is 0.936. The molecule has 12 aromatic rings. The van der Waals surface area contributed by atoms with Gasteiger partial charge in [0.15, 0.2) is 0 Å². The number of benzene rings is 11. The van der Waals surface area contributed by atoms with Crippen molar-refractivity contribution >= 4 is 54.1 Å². The van der Waals surface area contributed by atoms with Crippen LogP contribution in [0.2, 0.25) is 0 Å². The minimum Gasteiger partial charge on any atom is -0.292 e. The summed E-state index contributed by atoms with van der Waals surface area (Å²) < 4.78 is 2.28. The summed E-state index contributed by atoms with van der Waals surface area (Å²) in [5.41, 5.74) is 16.8. The van der Waals surface area contributed by atoms with E-state index in [1.54, 1.807) is 0 Å². The first-order valence-corrected chi connectivity index (χ1v) is 22.3. The summed E-state index contributed by atoms with van der Waals surface area (Å²) in [6, 6.07) is 80.5. The van der Waals surface area contributed by atoms with Crippen LogP contribution < -0.4 is 0 Å². The van der Waals surface area contributed by atoms with E-state index < -0.39 is 0 Å². The number of hydrogen-bond donors (Lipinski definition) is 0. The van der Waals surface area contributed by atoms with Crippen molar-refractivity contribution in [1.29, 1.82) is 0 Å². The maximum atomic E-state index is 5.18. The lowest BCUT2D eigenvalue weighted by atomic mass is 9.79. The maximum absolute atomic E-state index is 5.18. The quantitative estimate of drug-likeness (QED) is 0.158. The Bertz CT molecular complexity index is 3850. The topological polar surface area (TPSA) is 17.8 Å². The van der Waals surface area contributed by atoms with Gasteiger partial charge in [0.05, 0.1) is 11.0 Å². The molecule has 1 aliphatic carbocycles. The van der Waals surface area contributed by atoms with Gasteiger partial charge in [-0.3, -0.25) is 4.57 Å². The fourth-order valence-electron chi connectivity index (χ4n) is 10.9. The molecule has 64 heavy (non-hydrogen) atoms. The second-order valence-corrected chi connectivity index (χ2v) is 17.9. The molecule has 0 spiro atoms. The van der Waals surface area contributed by atoms with Crippen LogP contribution in [-0.4, -0.2) is 9.55 Å². The minimum atomic E-state index is -0.231. The summed E-state index contributed by atoms with van der Waals surface area (Å²) in [4.78, 5) is 5.18. The van der Waals surface area contributed by atoms with Crippen LogP contribution in [0.15, 0.2) is 218 Å². The first-order chi connectivity index (χ1) is 31.5. The van der Waals surface area contributed by atoms with Crippen molar-refractivity contribution in [1.82, 2.24) is 9.55 Å². The molecular formula is C62H42N2. The van der Waals surface area contributed by atoms with E-state index in [1.165, 1.54) is 98.7 Å². The molecule has 11 aromatic carbocycles. The van der Waals surface area contributed by atoms with Crippen LogP contribution in [0.3, 0.4) is 0 Å². The fourth-order valence-corrected chi connectivity index (χ4v) is 10.9. The highest BCUT2D eigenvalue weighted by Crippen LogP contribution is 2.56. The molecule has 0 radical (unpaired) electrons. The molecule has 300 valence electrons. The van der Waals surface area contributed by atoms with Gasteiger partial charge in [0.1, 0.15) is 5.82 Å². The van der Waals surface area contributed by atoms with Crippen molar-refractivity contribution in [3.8, 4) is 61.6 Å². The molecule has 13 rings (SSSR count). The molecule has 0 bridgehead atoms. The summed E-state index contributed by atoms with van der Waals surface area (Å²) in [7, 11) is 0. The molecule has 0 aliphatic heterocycles. The lowest BCUT2D eigenvalue weighted by molar-refractivity contribution is 0.661. The zero-order valence-electron chi connectivity index (χ0n) is 35.7. The van der Waals surface area contributed by atoms with E-state index >= 15 is 0 Å². The van der Waals surface area contributed by atoms with Crippen molar-refractivity contribution < 1.29 is 0 Å². The minimum absolute atomic E-state index is 0.231. The molecule has 0 atom stereocenters. The van der Waals surface area contributed by atoms with Crippen molar-refractivity contribution in [3.05, 3.63) is 230 Å². The Morgan fingerprint density at radius 1 is 0.359 bits per heavy atom. The zero-order valence-corrected chi connectivity index (χ0v) is 35.7. The highest BCUT2D eigenvalue weighted by molar-refractivity contribution is 6.23. The first-order valence-electron chi connectivity index (χ1n) is 22.3. The number of aromatic nitrogens is 2. The molecule has 2 nitrogen and oxygen atoms in total. The fraction of sp³-hybridized carbons (Fsp3) is 0.0484. The number of rotatable bonds is 5. The maximum Gasteiger partial charge on any atom is 0.145 e. The molecule has 0 saturated carbocycles. The Kier molecular flexibility index (Phi) is 7.98. The number of nitrogens with zero attached hydrogens (tertiary/aromatic N) is 2. The standard InChI is InChI=1S/C62H42N2/c1-62(2)54-24-14-23-48(41-29-31-42(32-30-41)61-63-56-25-12-13-26-57(56)64(61)47-19-4-3-5-20-47)60(54)53-37-51-52(38-55(53)62)59(46-34-28-40-16-7-9-18-44(40)36-46)50-22-11-10-21-49(50)58(51)45-33-27-39-15-6-8-17-43(39)35-45/h3-38H,1-2H3. The van der Waals surface area contributed by atoms with Crippen LogP contribution in [0.1, 0.15) is 25.0 Å². The normalized spacial score (nSPS) is 13.0. The van der Waals surface area contributed by atoms with E-state index in [2.05, 4.69) is 237 Å². The van der Waals surface area contributed by atoms with E-state index in [0.29, 0.717) is 0 Å². The molecule has 1 heterocycles.